The SMILES string of the molecule is CCC(=NCCN1CCCCC1)C1C(=O)NC(=O)N(c2ccc(C)cc2)C1=O. The van der Waals surface area contributed by atoms with Crippen molar-refractivity contribution < 1.29 is 14.4 Å². The summed E-state index contributed by atoms with van der Waals surface area (Å²) < 4.78 is 0. The number of likely N-dealkylation sites (tertiary alicyclic amines) is 1. The van der Waals surface area contributed by atoms with Gasteiger partial charge in [-0.2, -0.15) is 0 Å². The van der Waals surface area contributed by atoms with Crippen LogP contribution in [-0.4, -0.2) is 54.6 Å². The van der Waals surface area contributed by atoms with Gasteiger partial charge in [-0.1, -0.05) is 31.0 Å². The molecular formula is C21H28N4O3. The fourth-order valence-electron chi connectivity index (χ4n) is 3.73. The molecule has 2 fully saturated rings. The molecule has 7 heteroatoms. The number of nitrogens with zero attached hydrogens (tertiary/aromatic N) is 3. The molecule has 150 valence electrons. The topological polar surface area (TPSA) is 82.1 Å². The Labute approximate surface area is 165 Å². The minimum Gasteiger partial charge on any atom is -0.301 e. The molecule has 0 aromatic heterocycles. The quantitative estimate of drug-likeness (QED) is 0.604. The summed E-state index contributed by atoms with van der Waals surface area (Å²) >= 11 is 0. The number of carbonyl (C=O) groups is 3. The third kappa shape index (κ3) is 4.47. The lowest BCUT2D eigenvalue weighted by Crippen LogP contribution is -2.60. The second kappa shape index (κ2) is 9.10. The number of nitrogens with one attached hydrogen (secondary N) is 1. The van der Waals surface area contributed by atoms with Gasteiger partial charge in [0.1, 0.15) is 0 Å². The van der Waals surface area contributed by atoms with Gasteiger partial charge >= 0.3 is 6.03 Å². The monoisotopic (exact) mass is 384 g/mol. The number of barbiturate groups is 1. The van der Waals surface area contributed by atoms with Crippen molar-refractivity contribution in [3.8, 4) is 0 Å². The molecular weight excluding hydrogens is 356 g/mol. The van der Waals surface area contributed by atoms with E-state index in [0.29, 0.717) is 24.4 Å². The molecule has 1 unspecified atom stereocenters. The van der Waals surface area contributed by atoms with Gasteiger partial charge in [-0.25, -0.2) is 9.69 Å². The minimum atomic E-state index is -1.05. The summed E-state index contributed by atoms with van der Waals surface area (Å²) in [5.74, 6) is -2.17. The number of piperidine rings is 1. The summed E-state index contributed by atoms with van der Waals surface area (Å²) in [5, 5.41) is 2.31. The maximum absolute atomic E-state index is 13.0. The van der Waals surface area contributed by atoms with E-state index in [9.17, 15) is 14.4 Å². The van der Waals surface area contributed by atoms with Gasteiger partial charge in [0.15, 0.2) is 5.92 Å². The first-order valence-corrected chi connectivity index (χ1v) is 10.0. The maximum atomic E-state index is 13.0. The Hall–Kier alpha value is -2.54. The van der Waals surface area contributed by atoms with Crippen LogP contribution in [0.3, 0.4) is 0 Å². The smallest absolute Gasteiger partial charge is 0.301 e. The molecule has 1 aromatic rings. The van der Waals surface area contributed by atoms with Crippen molar-refractivity contribution in [2.75, 3.05) is 31.1 Å². The first kappa shape index (κ1) is 20.2. The van der Waals surface area contributed by atoms with Crippen molar-refractivity contribution in [3.63, 3.8) is 0 Å². The Morgan fingerprint density at radius 3 is 2.43 bits per heavy atom. The number of aryl methyl sites for hydroxylation is 1. The van der Waals surface area contributed by atoms with Gasteiger partial charge in [0.2, 0.25) is 5.91 Å². The first-order chi connectivity index (χ1) is 13.5. The molecule has 0 bridgehead atoms. The number of rotatable bonds is 6. The van der Waals surface area contributed by atoms with Gasteiger partial charge in [-0.3, -0.25) is 19.9 Å². The number of aliphatic imine (C=N–C) groups is 1. The van der Waals surface area contributed by atoms with E-state index in [2.05, 4.69) is 15.2 Å². The Bertz CT molecular complexity index is 766. The molecule has 1 N–H and O–H groups in total. The minimum absolute atomic E-state index is 0.453. The highest BCUT2D eigenvalue weighted by molar-refractivity contribution is 6.35. The fourth-order valence-corrected chi connectivity index (χ4v) is 3.73. The predicted octanol–water partition coefficient (Wildman–Crippen LogP) is 2.53. The van der Waals surface area contributed by atoms with Crippen molar-refractivity contribution in [2.24, 2.45) is 10.9 Å². The van der Waals surface area contributed by atoms with E-state index in [1.807, 2.05) is 26.0 Å². The highest BCUT2D eigenvalue weighted by Crippen LogP contribution is 2.23. The van der Waals surface area contributed by atoms with Crippen LogP contribution in [-0.2, 0) is 9.59 Å². The number of urea groups is 1. The lowest BCUT2D eigenvalue weighted by atomic mass is 9.96. The zero-order valence-electron chi connectivity index (χ0n) is 16.6. The third-order valence-corrected chi connectivity index (χ3v) is 5.33. The van der Waals surface area contributed by atoms with Crippen LogP contribution in [0.5, 0.6) is 0 Å². The van der Waals surface area contributed by atoms with Gasteiger partial charge in [0.05, 0.1) is 12.2 Å². The largest absolute Gasteiger partial charge is 0.335 e. The molecule has 0 spiro atoms. The van der Waals surface area contributed by atoms with Gasteiger partial charge in [-0.15, -0.1) is 0 Å². The van der Waals surface area contributed by atoms with E-state index in [1.54, 1.807) is 12.1 Å². The summed E-state index contributed by atoms with van der Waals surface area (Å²) in [6.45, 7) is 7.35. The number of hydrogen-bond acceptors (Lipinski definition) is 5. The van der Waals surface area contributed by atoms with Crippen molar-refractivity contribution in [1.29, 1.82) is 0 Å². The molecule has 1 aromatic carbocycles. The molecule has 0 radical (unpaired) electrons. The second-order valence-corrected chi connectivity index (χ2v) is 7.37. The number of hydrogen-bond donors (Lipinski definition) is 1. The summed E-state index contributed by atoms with van der Waals surface area (Å²) in [6, 6.07) is 6.36. The molecule has 28 heavy (non-hydrogen) atoms. The number of anilines is 1. The van der Waals surface area contributed by atoms with Gasteiger partial charge in [0, 0.05) is 12.3 Å². The number of benzene rings is 1. The van der Waals surface area contributed by atoms with Crippen LogP contribution in [0.4, 0.5) is 10.5 Å². The van der Waals surface area contributed by atoms with Crippen molar-refractivity contribution >= 4 is 29.2 Å². The second-order valence-electron chi connectivity index (χ2n) is 7.37. The Morgan fingerprint density at radius 1 is 1.11 bits per heavy atom. The summed E-state index contributed by atoms with van der Waals surface area (Å²) in [7, 11) is 0. The van der Waals surface area contributed by atoms with Crippen LogP contribution < -0.4 is 10.2 Å². The number of carbonyl (C=O) groups excluding carboxylic acids is 3. The van der Waals surface area contributed by atoms with Crippen molar-refractivity contribution in [2.45, 2.75) is 39.5 Å². The Kier molecular flexibility index (Phi) is 6.57. The molecule has 2 aliphatic rings. The molecule has 3 rings (SSSR count). The van der Waals surface area contributed by atoms with E-state index in [1.165, 1.54) is 19.3 Å². The first-order valence-electron chi connectivity index (χ1n) is 10.0. The molecule has 2 saturated heterocycles. The third-order valence-electron chi connectivity index (χ3n) is 5.33. The van der Waals surface area contributed by atoms with Crippen LogP contribution in [0, 0.1) is 12.8 Å². The normalized spacial score (nSPS) is 21.8. The highest BCUT2D eigenvalue weighted by Gasteiger charge is 2.43. The zero-order chi connectivity index (χ0) is 20.1. The zero-order valence-corrected chi connectivity index (χ0v) is 16.6. The molecule has 4 amide bonds. The van der Waals surface area contributed by atoms with Gasteiger partial charge in [0.25, 0.3) is 5.91 Å². The molecule has 1 atom stereocenters. The van der Waals surface area contributed by atoms with E-state index < -0.39 is 23.8 Å². The Morgan fingerprint density at radius 2 is 1.79 bits per heavy atom. The maximum Gasteiger partial charge on any atom is 0.335 e. The van der Waals surface area contributed by atoms with Crippen LogP contribution >= 0.6 is 0 Å². The van der Waals surface area contributed by atoms with Crippen LogP contribution in [0.15, 0.2) is 29.3 Å². The summed E-state index contributed by atoms with van der Waals surface area (Å²) in [4.78, 5) is 45.8. The lowest BCUT2D eigenvalue weighted by Gasteiger charge is -2.31. The fraction of sp³-hybridized carbons (Fsp3) is 0.524. The predicted molar refractivity (Wildman–Crippen MR) is 109 cm³/mol. The van der Waals surface area contributed by atoms with E-state index in [4.69, 9.17) is 0 Å². The Balaban J connectivity index is 1.76. The van der Waals surface area contributed by atoms with Crippen molar-refractivity contribution in [3.05, 3.63) is 29.8 Å². The van der Waals surface area contributed by atoms with Gasteiger partial charge in [-0.05, 0) is 51.4 Å². The van der Waals surface area contributed by atoms with E-state index in [-0.39, 0.29) is 0 Å². The summed E-state index contributed by atoms with van der Waals surface area (Å²) in [5.41, 5.74) is 2.01. The molecule has 2 aliphatic heterocycles. The number of amides is 4. The van der Waals surface area contributed by atoms with Crippen molar-refractivity contribution in [1.82, 2.24) is 10.2 Å². The van der Waals surface area contributed by atoms with Crippen LogP contribution in [0.25, 0.3) is 0 Å². The highest BCUT2D eigenvalue weighted by atomic mass is 16.2. The number of imide groups is 2. The molecule has 2 heterocycles. The van der Waals surface area contributed by atoms with Crippen LogP contribution in [0.2, 0.25) is 0 Å². The van der Waals surface area contributed by atoms with Crippen LogP contribution in [0.1, 0.15) is 38.2 Å². The average Bonchev–Trinajstić information content (AvgIpc) is 2.68. The average molecular weight is 384 g/mol. The van der Waals surface area contributed by atoms with E-state index >= 15 is 0 Å². The lowest BCUT2D eigenvalue weighted by molar-refractivity contribution is -0.131. The molecule has 0 aliphatic carbocycles. The molecule has 0 saturated carbocycles. The molecule has 7 nitrogen and oxygen atoms in total. The van der Waals surface area contributed by atoms with E-state index in [0.717, 1.165) is 30.1 Å². The standard InChI is InChI=1S/C21H28N4O3/c1-3-17(22-11-14-24-12-5-4-6-13-24)18-19(26)23-21(28)25(20(18)27)16-9-7-15(2)8-10-16/h7-10,18H,3-6,11-14H2,1-2H3,(H,23,26,28). The van der Waals surface area contributed by atoms with Gasteiger partial charge < -0.3 is 4.90 Å². The summed E-state index contributed by atoms with van der Waals surface area (Å²) in [6.07, 6.45) is 4.18.